The molecule has 0 aliphatic carbocycles. The number of fused-ring (bicyclic) bond motifs is 2. The monoisotopic (exact) mass is 568 g/mol. The number of nitrogens with zero attached hydrogens (tertiary/aromatic N) is 2. The summed E-state index contributed by atoms with van der Waals surface area (Å²) in [7, 11) is 0. The Hall–Kier alpha value is -4.20. The summed E-state index contributed by atoms with van der Waals surface area (Å²) in [6.07, 6.45) is 1.72. The minimum atomic E-state index is -0.690. The minimum Gasteiger partial charge on any atom is -0.463 e. The van der Waals surface area contributed by atoms with Crippen LogP contribution in [0.3, 0.4) is 0 Å². The molecular weight excluding hydrogens is 544 g/mol. The van der Waals surface area contributed by atoms with Crippen LogP contribution >= 0.6 is 22.9 Å². The number of benzene rings is 3. The van der Waals surface area contributed by atoms with E-state index in [1.807, 2.05) is 79.7 Å². The van der Waals surface area contributed by atoms with Crippen LogP contribution < -0.4 is 14.9 Å². The zero-order valence-corrected chi connectivity index (χ0v) is 23.7. The van der Waals surface area contributed by atoms with Crippen LogP contribution in [-0.2, 0) is 9.53 Å². The fraction of sp³-hybridized carbons (Fsp3) is 0.156. The second kappa shape index (κ2) is 10.4. The third kappa shape index (κ3) is 4.51. The molecule has 0 saturated heterocycles. The first-order chi connectivity index (χ1) is 19.4. The fourth-order valence-electron chi connectivity index (χ4n) is 5.14. The number of rotatable bonds is 5. The Balaban J connectivity index is 1.53. The Morgan fingerprint density at radius 2 is 1.90 bits per heavy atom. The predicted octanol–water partition coefficient (Wildman–Crippen LogP) is 6.17. The predicted molar refractivity (Wildman–Crippen MR) is 158 cm³/mol. The summed E-state index contributed by atoms with van der Waals surface area (Å²) in [5, 5.41) is 2.58. The lowest BCUT2D eigenvalue weighted by atomic mass is 9.91. The molecule has 2 aromatic heterocycles. The maximum atomic E-state index is 14.0. The Labute approximate surface area is 239 Å². The number of carbonyl (C=O) groups excluding carboxylic acids is 1. The number of esters is 1. The van der Waals surface area contributed by atoms with Crippen molar-refractivity contribution in [3.05, 3.63) is 126 Å². The molecule has 3 heterocycles. The number of aromatic nitrogens is 1. The average Bonchev–Trinajstić information content (AvgIpc) is 3.53. The SMILES string of the molecule is CCOC(=O)C1=C(C)N=c2s/c(=C\c3ccc(-c4cc(Cl)ccc4C)o3)c(=O)n2[C@@H]1c1cccc2ccccc12. The number of carbonyl (C=O) groups is 1. The van der Waals surface area contributed by atoms with Gasteiger partial charge < -0.3 is 9.15 Å². The van der Waals surface area contributed by atoms with Gasteiger partial charge in [-0.15, -0.1) is 0 Å². The lowest BCUT2D eigenvalue weighted by molar-refractivity contribution is -0.139. The van der Waals surface area contributed by atoms with Gasteiger partial charge in [-0.05, 0) is 66.9 Å². The molecule has 5 aromatic rings. The summed E-state index contributed by atoms with van der Waals surface area (Å²) in [5.41, 5.74) is 3.38. The summed E-state index contributed by atoms with van der Waals surface area (Å²) in [6, 6.07) is 22.5. The summed E-state index contributed by atoms with van der Waals surface area (Å²) < 4.78 is 13.6. The molecule has 1 atom stereocenters. The highest BCUT2D eigenvalue weighted by molar-refractivity contribution is 7.07. The number of hydrogen-bond donors (Lipinski definition) is 0. The van der Waals surface area contributed by atoms with E-state index in [1.54, 1.807) is 24.5 Å². The minimum absolute atomic E-state index is 0.217. The molecule has 8 heteroatoms. The number of aryl methyl sites for hydroxylation is 1. The first-order valence-electron chi connectivity index (χ1n) is 12.9. The van der Waals surface area contributed by atoms with E-state index < -0.39 is 12.0 Å². The quantitative estimate of drug-likeness (QED) is 0.238. The van der Waals surface area contributed by atoms with Gasteiger partial charge in [0.15, 0.2) is 4.80 Å². The van der Waals surface area contributed by atoms with Crippen LogP contribution in [0.1, 0.15) is 36.8 Å². The third-order valence-corrected chi connectivity index (χ3v) is 8.22. The molecule has 0 fully saturated rings. The van der Waals surface area contributed by atoms with E-state index in [0.29, 0.717) is 37.1 Å². The summed E-state index contributed by atoms with van der Waals surface area (Å²) >= 11 is 7.47. The Morgan fingerprint density at radius 3 is 2.73 bits per heavy atom. The molecule has 3 aromatic carbocycles. The highest BCUT2D eigenvalue weighted by Crippen LogP contribution is 2.35. The number of allylic oxidation sites excluding steroid dienone is 1. The van der Waals surface area contributed by atoms with Crippen molar-refractivity contribution in [3.8, 4) is 11.3 Å². The van der Waals surface area contributed by atoms with E-state index in [0.717, 1.165) is 27.5 Å². The molecule has 6 rings (SSSR count). The van der Waals surface area contributed by atoms with Crippen molar-refractivity contribution in [2.75, 3.05) is 6.61 Å². The van der Waals surface area contributed by atoms with Crippen LogP contribution in [0.2, 0.25) is 5.02 Å². The lowest BCUT2D eigenvalue weighted by Crippen LogP contribution is -2.40. The number of thiazole rings is 1. The largest absolute Gasteiger partial charge is 0.463 e. The third-order valence-electron chi connectivity index (χ3n) is 7.00. The van der Waals surface area contributed by atoms with Crippen LogP contribution in [0.25, 0.3) is 28.2 Å². The summed E-state index contributed by atoms with van der Waals surface area (Å²) in [5.74, 6) is 0.708. The van der Waals surface area contributed by atoms with Crippen LogP contribution in [0.4, 0.5) is 0 Å². The maximum Gasteiger partial charge on any atom is 0.338 e. The van der Waals surface area contributed by atoms with Crippen molar-refractivity contribution in [2.24, 2.45) is 4.99 Å². The van der Waals surface area contributed by atoms with Gasteiger partial charge in [0.2, 0.25) is 0 Å². The van der Waals surface area contributed by atoms with Gasteiger partial charge in [-0.25, -0.2) is 9.79 Å². The van der Waals surface area contributed by atoms with Gasteiger partial charge in [0.05, 0.1) is 28.5 Å². The van der Waals surface area contributed by atoms with Crippen LogP contribution in [0.5, 0.6) is 0 Å². The second-order valence-electron chi connectivity index (χ2n) is 9.53. The van der Waals surface area contributed by atoms with E-state index >= 15 is 0 Å². The summed E-state index contributed by atoms with van der Waals surface area (Å²) in [4.78, 5) is 32.4. The number of hydrogen-bond acceptors (Lipinski definition) is 6. The van der Waals surface area contributed by atoms with E-state index in [-0.39, 0.29) is 12.2 Å². The van der Waals surface area contributed by atoms with Gasteiger partial charge in [0.25, 0.3) is 5.56 Å². The first-order valence-corrected chi connectivity index (χ1v) is 14.1. The molecule has 0 saturated carbocycles. The molecule has 0 N–H and O–H groups in total. The van der Waals surface area contributed by atoms with E-state index in [9.17, 15) is 9.59 Å². The molecule has 1 aliphatic heterocycles. The van der Waals surface area contributed by atoms with Crippen LogP contribution in [0, 0.1) is 6.92 Å². The molecule has 0 spiro atoms. The Morgan fingerprint density at radius 1 is 1.10 bits per heavy atom. The van der Waals surface area contributed by atoms with Crippen molar-refractivity contribution in [3.63, 3.8) is 0 Å². The number of furan rings is 1. The van der Waals surface area contributed by atoms with E-state index in [2.05, 4.69) is 4.99 Å². The van der Waals surface area contributed by atoms with Crippen molar-refractivity contribution in [1.82, 2.24) is 4.57 Å². The van der Waals surface area contributed by atoms with Crippen molar-refractivity contribution < 1.29 is 13.9 Å². The maximum absolute atomic E-state index is 14.0. The molecule has 0 bridgehead atoms. The first kappa shape index (κ1) is 26.0. The Kier molecular flexibility index (Phi) is 6.78. The lowest BCUT2D eigenvalue weighted by Gasteiger charge is -2.25. The summed E-state index contributed by atoms with van der Waals surface area (Å²) in [6.45, 7) is 5.75. The van der Waals surface area contributed by atoms with Gasteiger partial charge in [-0.3, -0.25) is 9.36 Å². The number of halogens is 1. The van der Waals surface area contributed by atoms with Gasteiger partial charge in [0.1, 0.15) is 11.5 Å². The molecule has 40 heavy (non-hydrogen) atoms. The van der Waals surface area contributed by atoms with Crippen molar-refractivity contribution >= 4 is 45.8 Å². The standard InChI is InChI=1S/C32H25ClN2O4S/c1-4-38-31(37)28-19(3)34-32-35(29(28)24-11-7-9-20-8-5-6-10-23(20)24)30(36)27(40-32)17-22-14-15-26(39-22)25-16-21(33)13-12-18(25)2/h5-17,29H,4H2,1-3H3/b27-17-/t29-/m1/s1. The molecule has 1 aliphatic rings. The second-order valence-corrected chi connectivity index (χ2v) is 11.0. The van der Waals surface area contributed by atoms with Gasteiger partial charge in [0, 0.05) is 16.7 Å². The van der Waals surface area contributed by atoms with E-state index in [1.165, 1.54) is 11.3 Å². The van der Waals surface area contributed by atoms with Gasteiger partial charge in [-0.2, -0.15) is 0 Å². The van der Waals surface area contributed by atoms with Crippen LogP contribution in [0.15, 0.2) is 98.3 Å². The number of ether oxygens (including phenoxy) is 1. The molecular formula is C32H25ClN2O4S. The van der Waals surface area contributed by atoms with E-state index in [4.69, 9.17) is 20.8 Å². The molecule has 0 radical (unpaired) electrons. The van der Waals surface area contributed by atoms with Crippen LogP contribution in [-0.4, -0.2) is 17.1 Å². The smallest absolute Gasteiger partial charge is 0.338 e. The highest BCUT2D eigenvalue weighted by Gasteiger charge is 2.34. The van der Waals surface area contributed by atoms with Crippen molar-refractivity contribution in [2.45, 2.75) is 26.8 Å². The molecule has 6 nitrogen and oxygen atoms in total. The van der Waals surface area contributed by atoms with Gasteiger partial charge >= 0.3 is 5.97 Å². The van der Waals surface area contributed by atoms with Gasteiger partial charge in [-0.1, -0.05) is 71.5 Å². The normalized spacial score (nSPS) is 15.3. The molecule has 200 valence electrons. The average molecular weight is 569 g/mol. The van der Waals surface area contributed by atoms with Crippen molar-refractivity contribution in [1.29, 1.82) is 0 Å². The fourth-order valence-corrected chi connectivity index (χ4v) is 6.34. The Bertz CT molecular complexity index is 2010. The zero-order valence-electron chi connectivity index (χ0n) is 22.1. The molecule has 0 amide bonds. The highest BCUT2D eigenvalue weighted by atomic mass is 35.5. The topological polar surface area (TPSA) is 73.8 Å². The zero-order chi connectivity index (χ0) is 28.0. The molecule has 0 unspecified atom stereocenters.